The second-order valence-corrected chi connectivity index (χ2v) is 4.46. The minimum Gasteiger partial charge on any atom is -0.493 e. The topological polar surface area (TPSA) is 44.5 Å². The van der Waals surface area contributed by atoms with E-state index in [2.05, 4.69) is 13.8 Å². The Morgan fingerprint density at radius 3 is 2.11 bits per heavy atom. The average molecular weight is 278 g/mol. The fourth-order valence-corrected chi connectivity index (χ4v) is 1.79. The number of methoxy groups -OCH3 is 2. The van der Waals surface area contributed by atoms with Crippen LogP contribution in [0.1, 0.15) is 31.9 Å². The quantitative estimate of drug-likeness (QED) is 0.898. The molecule has 0 bridgehead atoms. The van der Waals surface area contributed by atoms with E-state index in [4.69, 9.17) is 15.2 Å². The van der Waals surface area contributed by atoms with E-state index < -0.39 is 0 Å². The van der Waals surface area contributed by atoms with Gasteiger partial charge >= 0.3 is 0 Å². The van der Waals surface area contributed by atoms with Crippen LogP contribution in [0.15, 0.2) is 12.1 Å². The van der Waals surface area contributed by atoms with Crippen molar-refractivity contribution in [3.8, 4) is 11.5 Å². The van der Waals surface area contributed by atoms with Crippen LogP contribution in [-0.4, -0.2) is 14.2 Å². The molecular weight excluding hydrogens is 257 g/mol. The lowest BCUT2D eigenvalue weighted by molar-refractivity contribution is 0.350. The van der Waals surface area contributed by atoms with E-state index >= 15 is 0 Å². The number of benzene rings is 1. The molecule has 0 aliphatic carbocycles. The lowest BCUT2D eigenvalue weighted by atomic mass is 9.97. The van der Waals surface area contributed by atoms with E-state index in [-0.39, 0.29) is 24.3 Å². The molecule has 18 heavy (non-hydrogen) atoms. The molecule has 0 spiro atoms. The summed E-state index contributed by atoms with van der Waals surface area (Å²) in [4.78, 5) is 0. The molecule has 0 aliphatic heterocycles. The van der Waals surface area contributed by atoms with Gasteiger partial charge in [0.25, 0.3) is 0 Å². The maximum Gasteiger partial charge on any atom is 0.163 e. The fourth-order valence-electron chi connectivity index (χ4n) is 1.79. The Bertz CT molecular complexity index is 385. The molecule has 0 radical (unpaired) electrons. The van der Waals surface area contributed by atoms with Crippen LogP contribution >= 0.6 is 12.4 Å². The third-order valence-electron chi connectivity index (χ3n) is 2.63. The van der Waals surface area contributed by atoms with Crippen LogP contribution in [0.4, 0.5) is 4.39 Å². The Hall–Kier alpha value is -1.00. The molecule has 0 unspecified atom stereocenters. The molecule has 0 saturated carbocycles. The van der Waals surface area contributed by atoms with Crippen molar-refractivity contribution in [1.82, 2.24) is 0 Å². The first-order valence-electron chi connectivity index (χ1n) is 5.66. The number of hydrogen-bond acceptors (Lipinski definition) is 3. The molecule has 0 aliphatic rings. The van der Waals surface area contributed by atoms with Crippen molar-refractivity contribution in [3.63, 3.8) is 0 Å². The van der Waals surface area contributed by atoms with Crippen molar-refractivity contribution in [3.05, 3.63) is 23.5 Å². The highest BCUT2D eigenvalue weighted by atomic mass is 35.5. The summed E-state index contributed by atoms with van der Waals surface area (Å²) in [7, 11) is 3.00. The standard InChI is InChI=1S/C13H20FNO2.ClH/c1-8(2)5-11(15)9-6-12(16-3)13(17-4)7-10(9)14;/h6-8,11H,5,15H2,1-4H3;1H/t11-;/m0./s1. The van der Waals surface area contributed by atoms with Gasteiger partial charge in [0.15, 0.2) is 11.5 Å². The molecule has 1 atom stereocenters. The predicted molar refractivity (Wildman–Crippen MR) is 73.1 cm³/mol. The summed E-state index contributed by atoms with van der Waals surface area (Å²) in [5.74, 6) is 0.946. The first-order valence-corrected chi connectivity index (χ1v) is 5.66. The van der Waals surface area contributed by atoms with Gasteiger partial charge in [0.2, 0.25) is 0 Å². The second-order valence-electron chi connectivity index (χ2n) is 4.46. The number of nitrogens with two attached hydrogens (primary N) is 1. The van der Waals surface area contributed by atoms with Crippen molar-refractivity contribution in [2.75, 3.05) is 14.2 Å². The Morgan fingerprint density at radius 2 is 1.67 bits per heavy atom. The summed E-state index contributed by atoms with van der Waals surface area (Å²) in [6.45, 7) is 4.11. The highest BCUT2D eigenvalue weighted by Gasteiger charge is 2.17. The Kier molecular flexibility index (Phi) is 7.02. The Labute approximate surface area is 114 Å². The van der Waals surface area contributed by atoms with Crippen molar-refractivity contribution < 1.29 is 13.9 Å². The van der Waals surface area contributed by atoms with Crippen LogP contribution in [0.2, 0.25) is 0 Å². The molecule has 0 fully saturated rings. The lowest BCUT2D eigenvalue weighted by Crippen LogP contribution is -2.15. The Morgan fingerprint density at radius 1 is 1.17 bits per heavy atom. The minimum atomic E-state index is -0.351. The predicted octanol–water partition coefficient (Wildman–Crippen LogP) is 3.31. The summed E-state index contributed by atoms with van der Waals surface area (Å²) in [6, 6.07) is 2.60. The molecule has 1 aromatic rings. The maximum atomic E-state index is 13.8. The van der Waals surface area contributed by atoms with Gasteiger partial charge in [-0.3, -0.25) is 0 Å². The summed E-state index contributed by atoms with van der Waals surface area (Å²) in [6.07, 6.45) is 0.729. The van der Waals surface area contributed by atoms with Gasteiger partial charge in [0.1, 0.15) is 5.82 Å². The largest absolute Gasteiger partial charge is 0.493 e. The Balaban J connectivity index is 0.00000289. The van der Waals surface area contributed by atoms with E-state index in [1.54, 1.807) is 6.07 Å². The van der Waals surface area contributed by atoms with Gasteiger partial charge in [-0.1, -0.05) is 13.8 Å². The monoisotopic (exact) mass is 277 g/mol. The van der Waals surface area contributed by atoms with Crippen molar-refractivity contribution >= 4 is 12.4 Å². The van der Waals surface area contributed by atoms with Crippen LogP contribution in [0.3, 0.4) is 0 Å². The van der Waals surface area contributed by atoms with Crippen molar-refractivity contribution in [2.24, 2.45) is 11.7 Å². The van der Waals surface area contributed by atoms with Crippen LogP contribution in [0.25, 0.3) is 0 Å². The highest BCUT2D eigenvalue weighted by molar-refractivity contribution is 5.85. The molecule has 1 aromatic carbocycles. The van der Waals surface area contributed by atoms with E-state index in [9.17, 15) is 4.39 Å². The van der Waals surface area contributed by atoms with Crippen LogP contribution in [0, 0.1) is 11.7 Å². The van der Waals surface area contributed by atoms with Gasteiger partial charge in [0, 0.05) is 17.7 Å². The fraction of sp³-hybridized carbons (Fsp3) is 0.538. The summed E-state index contributed by atoms with van der Waals surface area (Å²) < 4.78 is 24.0. The molecule has 3 nitrogen and oxygen atoms in total. The van der Waals surface area contributed by atoms with Crippen LogP contribution in [0.5, 0.6) is 11.5 Å². The zero-order valence-corrected chi connectivity index (χ0v) is 12.0. The number of hydrogen-bond donors (Lipinski definition) is 1. The normalized spacial score (nSPS) is 11.9. The van der Waals surface area contributed by atoms with E-state index in [0.29, 0.717) is 23.0 Å². The van der Waals surface area contributed by atoms with Crippen molar-refractivity contribution in [1.29, 1.82) is 0 Å². The summed E-state index contributed by atoms with van der Waals surface area (Å²) >= 11 is 0. The zero-order valence-electron chi connectivity index (χ0n) is 11.2. The van der Waals surface area contributed by atoms with Gasteiger partial charge in [-0.05, 0) is 18.4 Å². The van der Waals surface area contributed by atoms with Crippen LogP contribution in [-0.2, 0) is 0 Å². The smallest absolute Gasteiger partial charge is 0.163 e. The van der Waals surface area contributed by atoms with Gasteiger partial charge in [-0.15, -0.1) is 12.4 Å². The molecule has 0 aromatic heterocycles. The second kappa shape index (κ2) is 7.44. The first kappa shape index (κ1) is 17.0. The van der Waals surface area contributed by atoms with Gasteiger partial charge in [-0.25, -0.2) is 4.39 Å². The maximum absolute atomic E-state index is 13.8. The van der Waals surface area contributed by atoms with Crippen molar-refractivity contribution in [2.45, 2.75) is 26.3 Å². The third kappa shape index (κ3) is 4.03. The molecular formula is C13H21ClFNO2. The molecule has 1 rings (SSSR count). The number of rotatable bonds is 5. The van der Waals surface area contributed by atoms with Gasteiger partial charge in [-0.2, -0.15) is 0 Å². The molecule has 5 heteroatoms. The number of halogens is 2. The summed E-state index contributed by atoms with van der Waals surface area (Å²) in [5.41, 5.74) is 6.44. The summed E-state index contributed by atoms with van der Waals surface area (Å²) in [5, 5.41) is 0. The van der Waals surface area contributed by atoms with Gasteiger partial charge in [0.05, 0.1) is 14.2 Å². The first-order chi connectivity index (χ1) is 7.99. The van der Waals surface area contributed by atoms with Crippen LogP contribution < -0.4 is 15.2 Å². The van der Waals surface area contributed by atoms with Gasteiger partial charge < -0.3 is 15.2 Å². The highest BCUT2D eigenvalue weighted by Crippen LogP contribution is 2.33. The van der Waals surface area contributed by atoms with E-state index in [1.807, 2.05) is 0 Å². The molecule has 0 heterocycles. The average Bonchev–Trinajstić information content (AvgIpc) is 2.27. The van der Waals surface area contributed by atoms with E-state index in [0.717, 1.165) is 6.42 Å². The molecule has 0 amide bonds. The third-order valence-corrected chi connectivity index (χ3v) is 2.63. The lowest BCUT2D eigenvalue weighted by Gasteiger charge is -2.17. The van der Waals surface area contributed by atoms with E-state index in [1.165, 1.54) is 20.3 Å². The SMILES string of the molecule is COc1cc(F)c([C@@H](N)CC(C)C)cc1OC.Cl. The zero-order chi connectivity index (χ0) is 13.0. The molecule has 104 valence electrons. The molecule has 2 N–H and O–H groups in total. The minimum absolute atomic E-state index is 0. The molecule has 0 saturated heterocycles. The number of ether oxygens (including phenoxy) is 2.